The maximum Gasteiger partial charge on any atom is 0.165 e. The van der Waals surface area contributed by atoms with Crippen LogP contribution in [-0.2, 0) is 4.74 Å². The molecule has 4 rings (SSSR count). The van der Waals surface area contributed by atoms with E-state index in [1.165, 1.54) is 5.56 Å². The summed E-state index contributed by atoms with van der Waals surface area (Å²) in [6.07, 6.45) is 5.32. The van der Waals surface area contributed by atoms with Crippen LogP contribution < -0.4 is 5.32 Å². The van der Waals surface area contributed by atoms with Gasteiger partial charge < -0.3 is 10.1 Å². The van der Waals surface area contributed by atoms with Crippen molar-refractivity contribution in [1.29, 1.82) is 0 Å². The van der Waals surface area contributed by atoms with Crippen molar-refractivity contribution < 1.29 is 4.74 Å². The maximum atomic E-state index is 5.53. The smallest absolute Gasteiger partial charge is 0.165 e. The SMILES string of the molecule is Cc1cc(C)c2c(NC[C@H](c3cccnc3)N3CCOCC3)ncnc2n1. The van der Waals surface area contributed by atoms with Crippen LogP contribution in [0.4, 0.5) is 5.82 Å². The number of aryl methyl sites for hydroxylation is 2. The van der Waals surface area contributed by atoms with E-state index in [1.54, 1.807) is 6.33 Å². The van der Waals surface area contributed by atoms with E-state index in [9.17, 15) is 0 Å². The minimum atomic E-state index is 0.200. The van der Waals surface area contributed by atoms with Crippen molar-refractivity contribution in [2.24, 2.45) is 0 Å². The lowest BCUT2D eigenvalue weighted by Gasteiger charge is -2.34. The van der Waals surface area contributed by atoms with E-state index in [0.29, 0.717) is 0 Å². The topological polar surface area (TPSA) is 76.1 Å². The predicted molar refractivity (Wildman–Crippen MR) is 105 cm³/mol. The highest BCUT2D eigenvalue weighted by Crippen LogP contribution is 2.25. The third kappa shape index (κ3) is 3.89. The zero-order valence-electron chi connectivity index (χ0n) is 15.7. The van der Waals surface area contributed by atoms with E-state index in [-0.39, 0.29) is 6.04 Å². The number of nitrogens with one attached hydrogen (secondary N) is 1. The number of hydrogen-bond acceptors (Lipinski definition) is 7. The van der Waals surface area contributed by atoms with E-state index in [1.807, 2.05) is 25.4 Å². The Bertz CT molecular complexity index is 911. The van der Waals surface area contributed by atoms with Gasteiger partial charge in [0.1, 0.15) is 12.1 Å². The largest absolute Gasteiger partial charge is 0.379 e. The lowest BCUT2D eigenvalue weighted by atomic mass is 10.1. The van der Waals surface area contributed by atoms with Gasteiger partial charge >= 0.3 is 0 Å². The molecule has 0 spiro atoms. The molecule has 1 aliphatic heterocycles. The van der Waals surface area contributed by atoms with Crippen molar-refractivity contribution in [3.8, 4) is 0 Å². The van der Waals surface area contributed by atoms with E-state index < -0.39 is 0 Å². The van der Waals surface area contributed by atoms with Crippen LogP contribution in [0.3, 0.4) is 0 Å². The number of nitrogens with zero attached hydrogens (tertiary/aromatic N) is 5. The summed E-state index contributed by atoms with van der Waals surface area (Å²) in [4.78, 5) is 20.1. The highest BCUT2D eigenvalue weighted by atomic mass is 16.5. The number of pyridine rings is 2. The normalized spacial score (nSPS) is 16.4. The Morgan fingerprint density at radius 3 is 2.85 bits per heavy atom. The van der Waals surface area contributed by atoms with Gasteiger partial charge in [0, 0.05) is 37.7 Å². The molecule has 1 aliphatic rings. The van der Waals surface area contributed by atoms with Crippen molar-refractivity contribution in [2.45, 2.75) is 19.9 Å². The number of aromatic nitrogens is 4. The minimum Gasteiger partial charge on any atom is -0.379 e. The molecule has 7 nitrogen and oxygen atoms in total. The zero-order valence-corrected chi connectivity index (χ0v) is 15.7. The Morgan fingerprint density at radius 1 is 1.22 bits per heavy atom. The Hall–Kier alpha value is -2.64. The molecule has 0 saturated carbocycles. The Labute approximate surface area is 158 Å². The Morgan fingerprint density at radius 2 is 2.07 bits per heavy atom. The van der Waals surface area contributed by atoms with E-state index in [0.717, 1.165) is 61.0 Å². The van der Waals surface area contributed by atoms with Crippen LogP contribution in [0, 0.1) is 13.8 Å². The predicted octanol–water partition coefficient (Wildman–Crippen LogP) is 2.52. The highest BCUT2D eigenvalue weighted by Gasteiger charge is 2.23. The maximum absolute atomic E-state index is 5.53. The monoisotopic (exact) mass is 364 g/mol. The average Bonchev–Trinajstić information content (AvgIpc) is 2.69. The second kappa shape index (κ2) is 7.94. The highest BCUT2D eigenvalue weighted by molar-refractivity contribution is 5.89. The van der Waals surface area contributed by atoms with Crippen LogP contribution in [0.2, 0.25) is 0 Å². The van der Waals surface area contributed by atoms with Gasteiger partial charge in [-0.2, -0.15) is 0 Å². The zero-order chi connectivity index (χ0) is 18.6. The van der Waals surface area contributed by atoms with Crippen molar-refractivity contribution in [2.75, 3.05) is 38.2 Å². The molecule has 3 aromatic rings. The van der Waals surface area contributed by atoms with Gasteiger partial charge in [-0.25, -0.2) is 15.0 Å². The van der Waals surface area contributed by atoms with Gasteiger partial charge in [-0.3, -0.25) is 9.88 Å². The molecule has 140 valence electrons. The van der Waals surface area contributed by atoms with E-state index in [2.05, 4.69) is 49.2 Å². The Kier molecular flexibility index (Phi) is 5.22. The van der Waals surface area contributed by atoms with Crippen molar-refractivity contribution >= 4 is 16.9 Å². The number of rotatable bonds is 5. The fourth-order valence-electron chi connectivity index (χ4n) is 3.66. The van der Waals surface area contributed by atoms with Crippen molar-refractivity contribution in [3.63, 3.8) is 0 Å². The van der Waals surface area contributed by atoms with E-state index in [4.69, 9.17) is 4.74 Å². The molecular formula is C20H24N6O. The molecule has 0 aliphatic carbocycles. The summed E-state index contributed by atoms with van der Waals surface area (Å²) in [5.74, 6) is 0.826. The summed E-state index contributed by atoms with van der Waals surface area (Å²) < 4.78 is 5.53. The molecule has 1 atom stereocenters. The summed E-state index contributed by atoms with van der Waals surface area (Å²) in [6, 6.07) is 6.38. The molecule has 7 heteroatoms. The first-order valence-corrected chi connectivity index (χ1v) is 9.27. The fraction of sp³-hybridized carbons (Fsp3) is 0.400. The molecule has 27 heavy (non-hydrogen) atoms. The number of hydrogen-bond donors (Lipinski definition) is 1. The third-order valence-electron chi connectivity index (χ3n) is 4.95. The van der Waals surface area contributed by atoms with Gasteiger partial charge in [0.25, 0.3) is 0 Å². The molecule has 0 radical (unpaired) electrons. The summed E-state index contributed by atoms with van der Waals surface area (Å²) >= 11 is 0. The van der Waals surface area contributed by atoms with Crippen LogP contribution in [0.5, 0.6) is 0 Å². The van der Waals surface area contributed by atoms with Gasteiger partial charge in [-0.15, -0.1) is 0 Å². The molecule has 0 unspecified atom stereocenters. The van der Waals surface area contributed by atoms with Gasteiger partial charge in [-0.05, 0) is 37.1 Å². The minimum absolute atomic E-state index is 0.200. The van der Waals surface area contributed by atoms with Gasteiger partial charge in [0.15, 0.2) is 5.65 Å². The molecule has 0 amide bonds. The molecule has 3 aromatic heterocycles. The third-order valence-corrected chi connectivity index (χ3v) is 4.95. The average molecular weight is 364 g/mol. The summed E-state index contributed by atoms with van der Waals surface area (Å²) in [5.41, 5.74) is 4.02. The van der Waals surface area contributed by atoms with Gasteiger partial charge in [0.2, 0.25) is 0 Å². The van der Waals surface area contributed by atoms with Crippen LogP contribution >= 0.6 is 0 Å². The first-order chi connectivity index (χ1) is 13.2. The molecule has 4 heterocycles. The Balaban J connectivity index is 1.62. The molecule has 1 saturated heterocycles. The number of anilines is 1. The number of morpholine rings is 1. The van der Waals surface area contributed by atoms with Crippen LogP contribution in [0.1, 0.15) is 22.9 Å². The molecule has 0 bridgehead atoms. The second-order valence-corrected chi connectivity index (χ2v) is 6.83. The molecule has 0 aromatic carbocycles. The molecular weight excluding hydrogens is 340 g/mol. The summed E-state index contributed by atoms with van der Waals surface area (Å²) in [7, 11) is 0. The van der Waals surface area contributed by atoms with Crippen LogP contribution in [0.15, 0.2) is 36.9 Å². The quantitative estimate of drug-likeness (QED) is 0.745. The summed E-state index contributed by atoms with van der Waals surface area (Å²) in [6.45, 7) is 8.12. The van der Waals surface area contributed by atoms with Gasteiger partial charge in [0.05, 0.1) is 24.6 Å². The number of fused-ring (bicyclic) bond motifs is 1. The molecule has 1 N–H and O–H groups in total. The summed E-state index contributed by atoms with van der Waals surface area (Å²) in [5, 5.41) is 4.52. The molecule has 1 fully saturated rings. The standard InChI is InChI=1S/C20H24N6O/c1-14-10-15(2)25-20-18(14)19(23-13-24-20)22-12-17(16-4-3-5-21-11-16)26-6-8-27-9-7-26/h3-5,10-11,13,17H,6-9,12H2,1-2H3,(H,22,23,24,25)/t17-/m1/s1. The number of ether oxygens (including phenoxy) is 1. The first kappa shape index (κ1) is 17.8. The second-order valence-electron chi connectivity index (χ2n) is 6.83. The van der Waals surface area contributed by atoms with Crippen LogP contribution in [0.25, 0.3) is 11.0 Å². The first-order valence-electron chi connectivity index (χ1n) is 9.27. The van der Waals surface area contributed by atoms with Crippen molar-refractivity contribution in [3.05, 3.63) is 53.7 Å². The fourth-order valence-corrected chi connectivity index (χ4v) is 3.66. The van der Waals surface area contributed by atoms with Crippen LogP contribution in [-0.4, -0.2) is 57.7 Å². The van der Waals surface area contributed by atoms with Gasteiger partial charge in [-0.1, -0.05) is 6.07 Å². The lowest BCUT2D eigenvalue weighted by molar-refractivity contribution is 0.0186. The van der Waals surface area contributed by atoms with E-state index >= 15 is 0 Å². The van der Waals surface area contributed by atoms with Crippen molar-refractivity contribution in [1.82, 2.24) is 24.8 Å². The lowest BCUT2D eigenvalue weighted by Crippen LogP contribution is -2.41.